The molecule has 3 aliphatic carbocycles. The summed E-state index contributed by atoms with van der Waals surface area (Å²) in [5.74, 6) is 3.09. The average molecular weight is 469 g/mol. The topological polar surface area (TPSA) is 26.3 Å². The minimum Gasteiger partial charge on any atom is -0.458 e. The van der Waals surface area contributed by atoms with Crippen molar-refractivity contribution < 1.29 is 9.53 Å². The maximum atomic E-state index is 12.4. The molecule has 4 fully saturated rings. The molecule has 0 aromatic rings. The van der Waals surface area contributed by atoms with E-state index in [1.807, 2.05) is 0 Å². The van der Waals surface area contributed by atoms with E-state index in [4.69, 9.17) is 4.74 Å². The number of fused-ring (bicyclic) bond motifs is 4. The maximum absolute atomic E-state index is 12.4. The van der Waals surface area contributed by atoms with Crippen LogP contribution in [-0.2, 0) is 9.53 Å². The first kappa shape index (κ1) is 26.0. The zero-order valence-corrected chi connectivity index (χ0v) is 23.4. The highest BCUT2D eigenvalue weighted by Crippen LogP contribution is 2.72. The average Bonchev–Trinajstić information content (AvgIpc) is 3.29. The van der Waals surface area contributed by atoms with E-state index in [9.17, 15) is 4.79 Å². The first-order valence-corrected chi connectivity index (χ1v) is 14.4. The Hall–Kier alpha value is -1.05. The molecule has 34 heavy (non-hydrogen) atoms. The largest absolute Gasteiger partial charge is 0.458 e. The van der Waals surface area contributed by atoms with Crippen molar-refractivity contribution in [3.63, 3.8) is 0 Å². The first-order chi connectivity index (χ1) is 15.8. The first-order valence-electron chi connectivity index (χ1n) is 14.4. The lowest BCUT2D eigenvalue weighted by molar-refractivity contribution is -0.196. The van der Waals surface area contributed by atoms with Crippen LogP contribution in [0.25, 0.3) is 0 Å². The standard InChI is InChI=1S/C32H52O2/c1-10-29(7,22(4)5)17-13-23(6)25-14-18-31(9)26-12-11-24(21(2)3)32(20-16-28(33)34-32)27(26)15-19-30(25,31)8/h23-27H,2,4,10-20H2,1,3,5-9H3/t23-,24+,25-,26-,27+,29+,30-,31+,32+/m1/s1. The van der Waals surface area contributed by atoms with Gasteiger partial charge >= 0.3 is 5.97 Å². The van der Waals surface area contributed by atoms with E-state index < -0.39 is 0 Å². The molecular formula is C32H52O2. The number of allylic oxidation sites excluding steroid dienone is 1. The third-order valence-corrected chi connectivity index (χ3v) is 12.6. The summed E-state index contributed by atoms with van der Waals surface area (Å²) in [6.07, 6.45) is 12.9. The summed E-state index contributed by atoms with van der Waals surface area (Å²) in [6.45, 7) is 25.6. The fourth-order valence-electron chi connectivity index (χ4n) is 9.75. The molecule has 1 spiro atoms. The molecule has 4 rings (SSSR count). The quantitative estimate of drug-likeness (QED) is 0.275. The van der Waals surface area contributed by atoms with E-state index in [0.717, 1.165) is 24.7 Å². The Bertz CT molecular complexity index is 842. The van der Waals surface area contributed by atoms with E-state index >= 15 is 0 Å². The molecule has 9 atom stereocenters. The molecule has 2 nitrogen and oxygen atoms in total. The van der Waals surface area contributed by atoms with Gasteiger partial charge in [-0.15, -0.1) is 0 Å². The molecule has 0 radical (unpaired) electrons. The Balaban J connectivity index is 1.58. The zero-order valence-electron chi connectivity index (χ0n) is 23.4. The molecule has 1 saturated heterocycles. The van der Waals surface area contributed by atoms with Gasteiger partial charge in [-0.2, -0.15) is 0 Å². The van der Waals surface area contributed by atoms with Crippen molar-refractivity contribution in [1.82, 2.24) is 0 Å². The van der Waals surface area contributed by atoms with Gasteiger partial charge in [0.15, 0.2) is 0 Å². The summed E-state index contributed by atoms with van der Waals surface area (Å²) >= 11 is 0. The molecule has 0 aromatic carbocycles. The van der Waals surface area contributed by atoms with Crippen molar-refractivity contribution in [1.29, 1.82) is 0 Å². The predicted octanol–water partition coefficient (Wildman–Crippen LogP) is 8.91. The second kappa shape index (κ2) is 8.81. The van der Waals surface area contributed by atoms with Gasteiger partial charge in [0, 0.05) is 18.3 Å². The Labute approximate surface area is 210 Å². The van der Waals surface area contributed by atoms with Crippen molar-refractivity contribution in [2.75, 3.05) is 0 Å². The molecule has 2 heteroatoms. The van der Waals surface area contributed by atoms with E-state index in [2.05, 4.69) is 61.6 Å². The Morgan fingerprint density at radius 3 is 2.29 bits per heavy atom. The summed E-state index contributed by atoms with van der Waals surface area (Å²) < 4.78 is 6.34. The lowest BCUT2D eigenvalue weighted by Crippen LogP contribution is -2.60. The maximum Gasteiger partial charge on any atom is 0.306 e. The molecule has 0 N–H and O–H groups in total. The summed E-state index contributed by atoms with van der Waals surface area (Å²) in [6, 6.07) is 0. The van der Waals surface area contributed by atoms with Crippen LogP contribution >= 0.6 is 0 Å². The number of carbonyl (C=O) groups is 1. The molecule has 192 valence electrons. The minimum atomic E-state index is -0.274. The Morgan fingerprint density at radius 2 is 1.74 bits per heavy atom. The number of hydrogen-bond donors (Lipinski definition) is 0. The van der Waals surface area contributed by atoms with Crippen molar-refractivity contribution in [3.05, 3.63) is 24.3 Å². The Kier molecular flexibility index (Phi) is 6.74. The predicted molar refractivity (Wildman–Crippen MR) is 142 cm³/mol. The van der Waals surface area contributed by atoms with Crippen molar-refractivity contribution >= 4 is 5.97 Å². The van der Waals surface area contributed by atoms with Gasteiger partial charge in [-0.05, 0) is 112 Å². The lowest BCUT2D eigenvalue weighted by atomic mass is 9.43. The van der Waals surface area contributed by atoms with Crippen LogP contribution in [0.15, 0.2) is 24.3 Å². The number of carbonyl (C=O) groups excluding carboxylic acids is 1. The summed E-state index contributed by atoms with van der Waals surface area (Å²) in [4.78, 5) is 12.4. The third-order valence-electron chi connectivity index (χ3n) is 12.6. The van der Waals surface area contributed by atoms with Gasteiger partial charge in [0.05, 0.1) is 0 Å². The van der Waals surface area contributed by atoms with Crippen LogP contribution in [0.1, 0.15) is 119 Å². The highest BCUT2D eigenvalue weighted by Gasteiger charge is 2.68. The van der Waals surface area contributed by atoms with Crippen molar-refractivity contribution in [3.8, 4) is 0 Å². The van der Waals surface area contributed by atoms with E-state index in [1.54, 1.807) is 0 Å². The van der Waals surface area contributed by atoms with Crippen LogP contribution in [0.4, 0.5) is 0 Å². The SMILES string of the molecule is C=C(C)[C@@H]1CC[C@@H]2[C@H](CC[C@]3(C)[C@@H]([C@H](C)CC[C@](C)(CC)C(=C)C)CC[C@@]23C)[C@]12CCC(=O)O2. The zero-order chi connectivity index (χ0) is 25.1. The van der Waals surface area contributed by atoms with Gasteiger partial charge in [-0.3, -0.25) is 4.79 Å². The van der Waals surface area contributed by atoms with E-state index in [-0.39, 0.29) is 17.0 Å². The van der Waals surface area contributed by atoms with Crippen LogP contribution in [0.5, 0.6) is 0 Å². The van der Waals surface area contributed by atoms with Gasteiger partial charge in [0.2, 0.25) is 0 Å². The van der Waals surface area contributed by atoms with Crippen LogP contribution in [-0.4, -0.2) is 11.6 Å². The monoisotopic (exact) mass is 468 g/mol. The fourth-order valence-corrected chi connectivity index (χ4v) is 9.75. The normalized spacial score (nSPS) is 44.1. The third kappa shape index (κ3) is 3.67. The summed E-state index contributed by atoms with van der Waals surface area (Å²) in [5.41, 5.74) is 3.30. The van der Waals surface area contributed by atoms with Crippen molar-refractivity contribution in [2.45, 2.75) is 125 Å². The molecule has 0 aromatic heterocycles. The van der Waals surface area contributed by atoms with Crippen LogP contribution in [0.2, 0.25) is 0 Å². The number of esters is 1. The van der Waals surface area contributed by atoms with Gasteiger partial charge in [-0.25, -0.2) is 0 Å². The molecular weight excluding hydrogens is 416 g/mol. The highest BCUT2D eigenvalue weighted by molar-refractivity contribution is 5.72. The van der Waals surface area contributed by atoms with Gasteiger partial charge < -0.3 is 4.74 Å². The molecule has 0 unspecified atom stereocenters. The lowest BCUT2D eigenvalue weighted by Gasteiger charge is -2.63. The Morgan fingerprint density at radius 1 is 1.06 bits per heavy atom. The van der Waals surface area contributed by atoms with Crippen molar-refractivity contribution in [2.24, 2.45) is 45.8 Å². The minimum absolute atomic E-state index is 0.0276. The van der Waals surface area contributed by atoms with Crippen LogP contribution < -0.4 is 0 Å². The number of ether oxygens (including phenoxy) is 1. The summed E-state index contributed by atoms with van der Waals surface area (Å²) in [7, 11) is 0. The van der Waals surface area contributed by atoms with Gasteiger partial charge in [0.25, 0.3) is 0 Å². The smallest absolute Gasteiger partial charge is 0.306 e. The number of hydrogen-bond acceptors (Lipinski definition) is 2. The van der Waals surface area contributed by atoms with E-state index in [0.29, 0.717) is 35.0 Å². The molecule has 3 saturated carbocycles. The molecule has 1 heterocycles. The summed E-state index contributed by atoms with van der Waals surface area (Å²) in [5, 5.41) is 0. The molecule has 4 aliphatic rings. The second-order valence-electron chi connectivity index (χ2n) is 13.8. The highest BCUT2D eigenvalue weighted by atomic mass is 16.6. The molecule has 0 bridgehead atoms. The second-order valence-corrected chi connectivity index (χ2v) is 13.8. The molecule has 0 amide bonds. The van der Waals surface area contributed by atoms with Gasteiger partial charge in [-0.1, -0.05) is 58.9 Å². The van der Waals surface area contributed by atoms with Crippen LogP contribution in [0.3, 0.4) is 0 Å². The van der Waals surface area contributed by atoms with Crippen LogP contribution in [0, 0.1) is 45.8 Å². The fraction of sp³-hybridized carbons (Fsp3) is 0.844. The number of rotatable bonds is 7. The van der Waals surface area contributed by atoms with E-state index in [1.165, 1.54) is 62.5 Å². The van der Waals surface area contributed by atoms with Gasteiger partial charge in [0.1, 0.15) is 5.60 Å². The molecule has 1 aliphatic heterocycles.